The maximum Gasteiger partial charge on any atom is 0.305 e. The summed E-state index contributed by atoms with van der Waals surface area (Å²) in [6.07, 6.45) is 17.3. The molecule has 132 valence electrons. The van der Waals surface area contributed by atoms with Crippen molar-refractivity contribution in [2.75, 3.05) is 7.11 Å². The highest BCUT2D eigenvalue weighted by Crippen LogP contribution is 2.08. The van der Waals surface area contributed by atoms with Crippen LogP contribution in [0.25, 0.3) is 0 Å². The monoisotopic (exact) mass is 324 g/mol. The fraction of sp³-hybridized carbons (Fsp3) is 0.632. The van der Waals surface area contributed by atoms with Crippen LogP contribution < -0.4 is 0 Å². The third-order valence-corrected chi connectivity index (χ3v) is 3.57. The Kier molecular flexibility index (Phi) is 14.6. The van der Waals surface area contributed by atoms with Crippen molar-refractivity contribution in [3.05, 3.63) is 36.5 Å². The van der Waals surface area contributed by atoms with E-state index in [9.17, 15) is 15.0 Å². The Hall–Kier alpha value is -1.39. The van der Waals surface area contributed by atoms with E-state index in [1.165, 1.54) is 13.5 Å². The van der Waals surface area contributed by atoms with Crippen LogP contribution in [0.15, 0.2) is 36.5 Å². The van der Waals surface area contributed by atoms with Crippen LogP contribution in [0.1, 0.15) is 58.3 Å². The van der Waals surface area contributed by atoms with Crippen molar-refractivity contribution in [3.63, 3.8) is 0 Å². The van der Waals surface area contributed by atoms with Crippen LogP contribution in [-0.2, 0) is 9.53 Å². The highest BCUT2D eigenvalue weighted by molar-refractivity contribution is 5.68. The molecule has 0 aromatic rings. The van der Waals surface area contributed by atoms with Gasteiger partial charge in [0.1, 0.15) is 0 Å². The van der Waals surface area contributed by atoms with E-state index in [2.05, 4.69) is 10.8 Å². The van der Waals surface area contributed by atoms with Crippen molar-refractivity contribution in [1.29, 1.82) is 0 Å². The molecule has 4 nitrogen and oxygen atoms in total. The lowest BCUT2D eigenvalue weighted by molar-refractivity contribution is -0.140. The van der Waals surface area contributed by atoms with Gasteiger partial charge in [-0.25, -0.2) is 0 Å². The van der Waals surface area contributed by atoms with E-state index in [1.54, 1.807) is 12.2 Å². The van der Waals surface area contributed by atoms with Gasteiger partial charge in [-0.05, 0) is 25.7 Å². The normalized spacial score (nSPS) is 14.8. The van der Waals surface area contributed by atoms with Gasteiger partial charge in [-0.3, -0.25) is 4.79 Å². The van der Waals surface area contributed by atoms with Crippen molar-refractivity contribution in [2.45, 2.75) is 70.5 Å². The number of carbonyl (C=O) groups excluding carboxylic acids is 1. The third kappa shape index (κ3) is 14.0. The zero-order valence-electron chi connectivity index (χ0n) is 14.5. The third-order valence-electron chi connectivity index (χ3n) is 3.57. The molecule has 4 heteroatoms. The molecule has 2 atom stereocenters. The zero-order chi connectivity index (χ0) is 17.3. The predicted octanol–water partition coefficient (Wildman–Crippen LogP) is 3.69. The second-order valence-corrected chi connectivity index (χ2v) is 5.55. The van der Waals surface area contributed by atoms with E-state index in [0.717, 1.165) is 32.1 Å². The van der Waals surface area contributed by atoms with Crippen LogP contribution in [0, 0.1) is 0 Å². The minimum Gasteiger partial charge on any atom is -0.469 e. The van der Waals surface area contributed by atoms with Crippen LogP contribution >= 0.6 is 0 Å². The van der Waals surface area contributed by atoms with E-state index in [1.807, 2.05) is 25.2 Å². The Morgan fingerprint density at radius 2 is 1.65 bits per heavy atom. The molecule has 0 heterocycles. The summed E-state index contributed by atoms with van der Waals surface area (Å²) in [5.41, 5.74) is 0. The molecule has 0 amide bonds. The SMILES string of the molecule is CC[C@H](O)[C@@H](O)/C=C/C=C/C=C\CCCCCCCC(=O)OC. The Bertz CT molecular complexity index is 372. The van der Waals surface area contributed by atoms with Crippen LogP contribution in [0.2, 0.25) is 0 Å². The lowest BCUT2D eigenvalue weighted by atomic mass is 10.1. The van der Waals surface area contributed by atoms with Gasteiger partial charge in [0.2, 0.25) is 0 Å². The van der Waals surface area contributed by atoms with Gasteiger partial charge in [0.25, 0.3) is 0 Å². The number of methoxy groups -OCH3 is 1. The summed E-state index contributed by atoms with van der Waals surface area (Å²) >= 11 is 0. The van der Waals surface area contributed by atoms with Crippen LogP contribution in [-0.4, -0.2) is 35.5 Å². The number of carbonyl (C=O) groups is 1. The molecule has 0 aliphatic rings. The Morgan fingerprint density at radius 1 is 1.00 bits per heavy atom. The molecule has 2 N–H and O–H groups in total. The molecule has 0 aromatic heterocycles. The summed E-state index contributed by atoms with van der Waals surface area (Å²) in [5, 5.41) is 18.9. The van der Waals surface area contributed by atoms with E-state index in [4.69, 9.17) is 0 Å². The summed E-state index contributed by atoms with van der Waals surface area (Å²) < 4.78 is 4.59. The van der Waals surface area contributed by atoms with Gasteiger partial charge in [-0.2, -0.15) is 0 Å². The summed E-state index contributed by atoms with van der Waals surface area (Å²) in [4.78, 5) is 10.9. The first kappa shape index (κ1) is 21.6. The quantitative estimate of drug-likeness (QED) is 0.308. The largest absolute Gasteiger partial charge is 0.469 e. The van der Waals surface area contributed by atoms with Crippen molar-refractivity contribution < 1.29 is 19.7 Å². The number of hydrogen-bond donors (Lipinski definition) is 2. The fourth-order valence-electron chi connectivity index (χ4n) is 2.01. The smallest absolute Gasteiger partial charge is 0.305 e. The lowest BCUT2D eigenvalue weighted by Crippen LogP contribution is -2.22. The van der Waals surface area contributed by atoms with Gasteiger partial charge in [0, 0.05) is 6.42 Å². The molecule has 0 unspecified atom stereocenters. The van der Waals surface area contributed by atoms with Crippen molar-refractivity contribution in [3.8, 4) is 0 Å². The van der Waals surface area contributed by atoms with Gasteiger partial charge in [0.05, 0.1) is 19.3 Å². The molecule has 0 saturated heterocycles. The molecular formula is C19H32O4. The number of allylic oxidation sites excluding steroid dienone is 5. The van der Waals surface area contributed by atoms with Crippen molar-refractivity contribution in [2.24, 2.45) is 0 Å². The van der Waals surface area contributed by atoms with Crippen LogP contribution in [0.3, 0.4) is 0 Å². The average Bonchev–Trinajstić information content (AvgIpc) is 2.57. The topological polar surface area (TPSA) is 66.8 Å². The molecule has 0 aromatic carbocycles. The molecular weight excluding hydrogens is 292 g/mol. The molecule has 23 heavy (non-hydrogen) atoms. The molecule has 0 radical (unpaired) electrons. The molecule has 0 saturated carbocycles. The van der Waals surface area contributed by atoms with E-state index in [-0.39, 0.29) is 5.97 Å². The molecule has 0 rings (SSSR count). The Labute approximate surface area is 140 Å². The van der Waals surface area contributed by atoms with Gasteiger partial charge in [-0.1, -0.05) is 62.6 Å². The zero-order valence-corrected chi connectivity index (χ0v) is 14.5. The Balaban J connectivity index is 3.52. The average molecular weight is 324 g/mol. The van der Waals surface area contributed by atoms with E-state index < -0.39 is 12.2 Å². The number of rotatable bonds is 13. The standard InChI is InChI=1S/C19H32O4/c1-3-17(20)18(21)15-13-11-9-7-5-4-6-8-10-12-14-16-19(22)23-2/h5,7,9,11,13,15,17-18,20-21H,3-4,6,8,10,12,14,16H2,1-2H3/b7-5-,11-9+,15-13+/t17-,18-/m0/s1. The van der Waals surface area contributed by atoms with Crippen LogP contribution in [0.5, 0.6) is 0 Å². The molecule has 0 aliphatic heterocycles. The second-order valence-electron chi connectivity index (χ2n) is 5.55. The molecule has 0 bridgehead atoms. The maximum atomic E-state index is 10.9. The maximum absolute atomic E-state index is 10.9. The highest BCUT2D eigenvalue weighted by atomic mass is 16.5. The number of ether oxygens (including phenoxy) is 1. The van der Waals surface area contributed by atoms with E-state index >= 15 is 0 Å². The first-order valence-electron chi connectivity index (χ1n) is 8.54. The number of esters is 1. The Morgan fingerprint density at radius 3 is 2.35 bits per heavy atom. The first-order chi connectivity index (χ1) is 11.1. The minimum atomic E-state index is -0.798. The lowest BCUT2D eigenvalue weighted by Gasteiger charge is -2.10. The van der Waals surface area contributed by atoms with Gasteiger partial charge in [-0.15, -0.1) is 0 Å². The first-order valence-corrected chi connectivity index (χ1v) is 8.54. The fourth-order valence-corrected chi connectivity index (χ4v) is 2.01. The second kappa shape index (κ2) is 15.5. The summed E-state index contributed by atoms with van der Waals surface area (Å²) in [7, 11) is 1.43. The summed E-state index contributed by atoms with van der Waals surface area (Å²) in [5.74, 6) is -0.120. The summed E-state index contributed by atoms with van der Waals surface area (Å²) in [6, 6.07) is 0. The summed E-state index contributed by atoms with van der Waals surface area (Å²) in [6.45, 7) is 1.83. The minimum absolute atomic E-state index is 0.120. The molecule has 0 aliphatic carbocycles. The van der Waals surface area contributed by atoms with Gasteiger partial charge in [0.15, 0.2) is 0 Å². The number of aliphatic hydroxyl groups is 2. The van der Waals surface area contributed by atoms with Crippen molar-refractivity contribution in [1.82, 2.24) is 0 Å². The highest BCUT2D eigenvalue weighted by Gasteiger charge is 2.08. The molecule has 0 spiro atoms. The van der Waals surface area contributed by atoms with Gasteiger partial charge < -0.3 is 14.9 Å². The van der Waals surface area contributed by atoms with E-state index in [0.29, 0.717) is 12.8 Å². The van der Waals surface area contributed by atoms with Crippen LogP contribution in [0.4, 0.5) is 0 Å². The van der Waals surface area contributed by atoms with Gasteiger partial charge >= 0.3 is 5.97 Å². The number of hydrogen-bond acceptors (Lipinski definition) is 4. The number of aliphatic hydroxyl groups excluding tert-OH is 2. The number of unbranched alkanes of at least 4 members (excludes halogenated alkanes) is 5. The predicted molar refractivity (Wildman–Crippen MR) is 94.1 cm³/mol. The van der Waals surface area contributed by atoms with Crippen molar-refractivity contribution >= 4 is 5.97 Å². The molecule has 0 fully saturated rings.